The molecule has 0 amide bonds. The molecule has 1 N–H and O–H groups in total. The summed E-state index contributed by atoms with van der Waals surface area (Å²) in [5, 5.41) is 3.67. The van der Waals surface area contributed by atoms with E-state index in [0.717, 1.165) is 12.8 Å². The van der Waals surface area contributed by atoms with Crippen LogP contribution >= 0.6 is 11.8 Å². The summed E-state index contributed by atoms with van der Waals surface area (Å²) in [6.07, 6.45) is 3.47. The molecule has 1 nitrogen and oxygen atoms in total. The van der Waals surface area contributed by atoms with E-state index in [1.807, 2.05) is 17.8 Å². The van der Waals surface area contributed by atoms with E-state index in [9.17, 15) is 4.39 Å². The van der Waals surface area contributed by atoms with Crippen LogP contribution in [0, 0.1) is 5.82 Å². The lowest BCUT2D eigenvalue weighted by Crippen LogP contribution is -2.31. The van der Waals surface area contributed by atoms with Gasteiger partial charge in [0.25, 0.3) is 0 Å². The monoisotopic (exact) mass is 237 g/mol. The van der Waals surface area contributed by atoms with Crippen molar-refractivity contribution < 1.29 is 4.39 Å². The standard InChI is InChI=1S/C13H16FNS/c14-10-3-1-9-2-4-13(12(9)7-10)15-11-5-6-16-8-11/h1,3,7,11,13,15H,2,4-6,8H2. The van der Waals surface area contributed by atoms with Gasteiger partial charge in [-0.2, -0.15) is 11.8 Å². The number of fused-ring (bicyclic) bond motifs is 1. The first-order valence-electron chi connectivity index (χ1n) is 5.95. The van der Waals surface area contributed by atoms with Crippen LogP contribution in [-0.2, 0) is 6.42 Å². The Balaban J connectivity index is 1.77. The number of hydrogen-bond acceptors (Lipinski definition) is 2. The van der Waals surface area contributed by atoms with E-state index in [2.05, 4.69) is 5.32 Å². The molecule has 3 heteroatoms. The van der Waals surface area contributed by atoms with E-state index in [-0.39, 0.29) is 5.82 Å². The summed E-state index contributed by atoms with van der Waals surface area (Å²) < 4.78 is 13.2. The summed E-state index contributed by atoms with van der Waals surface area (Å²) in [6.45, 7) is 0. The minimum absolute atomic E-state index is 0.103. The molecule has 1 aromatic rings. The first kappa shape index (κ1) is 10.6. The van der Waals surface area contributed by atoms with E-state index in [1.165, 1.54) is 29.1 Å². The van der Waals surface area contributed by atoms with Crippen LogP contribution in [0.2, 0.25) is 0 Å². The molecule has 0 saturated carbocycles. The van der Waals surface area contributed by atoms with Gasteiger partial charge in [-0.3, -0.25) is 0 Å². The Bertz CT molecular complexity index is 388. The van der Waals surface area contributed by atoms with Crippen LogP contribution in [0.1, 0.15) is 30.0 Å². The van der Waals surface area contributed by atoms with Crippen molar-refractivity contribution in [2.24, 2.45) is 0 Å². The second-order valence-electron chi connectivity index (χ2n) is 4.66. The molecule has 1 saturated heterocycles. The van der Waals surface area contributed by atoms with E-state index < -0.39 is 0 Å². The molecule has 1 fully saturated rings. The van der Waals surface area contributed by atoms with Crippen molar-refractivity contribution in [3.63, 3.8) is 0 Å². The summed E-state index contributed by atoms with van der Waals surface area (Å²) >= 11 is 2.01. The predicted octanol–water partition coefficient (Wildman–Crippen LogP) is 2.91. The van der Waals surface area contributed by atoms with Crippen molar-refractivity contribution in [2.75, 3.05) is 11.5 Å². The fourth-order valence-electron chi connectivity index (χ4n) is 2.70. The van der Waals surface area contributed by atoms with Crippen LogP contribution in [0.5, 0.6) is 0 Å². The minimum atomic E-state index is -0.103. The Labute approximate surface area is 99.8 Å². The molecule has 1 aromatic carbocycles. The van der Waals surface area contributed by atoms with Gasteiger partial charge < -0.3 is 5.32 Å². The summed E-state index contributed by atoms with van der Waals surface area (Å²) in [5.41, 5.74) is 2.52. The van der Waals surface area contributed by atoms with E-state index in [1.54, 1.807) is 12.1 Å². The fraction of sp³-hybridized carbons (Fsp3) is 0.538. The van der Waals surface area contributed by atoms with Crippen LogP contribution in [-0.4, -0.2) is 17.5 Å². The maximum absolute atomic E-state index is 13.2. The molecular formula is C13H16FNS. The third kappa shape index (κ3) is 1.98. The number of aryl methyl sites for hydroxylation is 1. The van der Waals surface area contributed by atoms with Gasteiger partial charge in [-0.1, -0.05) is 6.07 Å². The highest BCUT2D eigenvalue weighted by Crippen LogP contribution is 2.33. The summed E-state index contributed by atoms with van der Waals surface area (Å²) in [5.74, 6) is 2.37. The van der Waals surface area contributed by atoms with Crippen molar-refractivity contribution in [3.05, 3.63) is 35.1 Å². The zero-order valence-electron chi connectivity index (χ0n) is 9.21. The van der Waals surface area contributed by atoms with Crippen LogP contribution < -0.4 is 5.32 Å². The molecule has 1 aliphatic carbocycles. The number of nitrogens with one attached hydrogen (secondary N) is 1. The average Bonchev–Trinajstić information content (AvgIpc) is 2.90. The quantitative estimate of drug-likeness (QED) is 0.849. The number of halogens is 1. The number of rotatable bonds is 2. The number of hydrogen-bond donors (Lipinski definition) is 1. The van der Waals surface area contributed by atoms with E-state index >= 15 is 0 Å². The summed E-state index contributed by atoms with van der Waals surface area (Å²) in [7, 11) is 0. The smallest absolute Gasteiger partial charge is 0.123 e. The predicted molar refractivity (Wildman–Crippen MR) is 66.3 cm³/mol. The van der Waals surface area contributed by atoms with Crippen LogP contribution in [0.25, 0.3) is 0 Å². The minimum Gasteiger partial charge on any atom is -0.306 e. The number of thioether (sulfide) groups is 1. The molecule has 0 spiro atoms. The van der Waals surface area contributed by atoms with Crippen molar-refractivity contribution in [1.29, 1.82) is 0 Å². The van der Waals surface area contributed by atoms with Gasteiger partial charge in [-0.25, -0.2) is 4.39 Å². The van der Waals surface area contributed by atoms with E-state index in [0.29, 0.717) is 12.1 Å². The van der Waals surface area contributed by atoms with Crippen molar-refractivity contribution in [1.82, 2.24) is 5.32 Å². The van der Waals surface area contributed by atoms with Crippen molar-refractivity contribution in [2.45, 2.75) is 31.3 Å². The highest BCUT2D eigenvalue weighted by atomic mass is 32.2. The van der Waals surface area contributed by atoms with Gasteiger partial charge in [0.15, 0.2) is 0 Å². The zero-order chi connectivity index (χ0) is 11.0. The van der Waals surface area contributed by atoms with Crippen LogP contribution in [0.3, 0.4) is 0 Å². The van der Waals surface area contributed by atoms with Crippen LogP contribution in [0.4, 0.5) is 4.39 Å². The average molecular weight is 237 g/mol. The normalized spacial score (nSPS) is 28.3. The highest BCUT2D eigenvalue weighted by Gasteiger charge is 2.26. The third-order valence-electron chi connectivity index (χ3n) is 3.55. The lowest BCUT2D eigenvalue weighted by atomic mass is 10.1. The van der Waals surface area contributed by atoms with Gasteiger partial charge in [0, 0.05) is 17.8 Å². The van der Waals surface area contributed by atoms with Gasteiger partial charge in [0.05, 0.1) is 0 Å². The topological polar surface area (TPSA) is 12.0 Å². The van der Waals surface area contributed by atoms with Crippen molar-refractivity contribution >= 4 is 11.8 Å². The van der Waals surface area contributed by atoms with Crippen LogP contribution in [0.15, 0.2) is 18.2 Å². The fourth-order valence-corrected chi connectivity index (χ4v) is 3.86. The molecule has 2 aliphatic rings. The second kappa shape index (κ2) is 4.38. The molecule has 16 heavy (non-hydrogen) atoms. The Kier molecular flexibility index (Phi) is 2.90. The zero-order valence-corrected chi connectivity index (χ0v) is 10.0. The molecule has 2 atom stereocenters. The van der Waals surface area contributed by atoms with E-state index in [4.69, 9.17) is 0 Å². The highest BCUT2D eigenvalue weighted by molar-refractivity contribution is 7.99. The Morgan fingerprint density at radius 2 is 2.25 bits per heavy atom. The molecule has 86 valence electrons. The Morgan fingerprint density at radius 3 is 3.06 bits per heavy atom. The SMILES string of the molecule is Fc1ccc2c(c1)C(NC1CCSC1)CC2. The largest absolute Gasteiger partial charge is 0.306 e. The Hall–Kier alpha value is -0.540. The van der Waals surface area contributed by atoms with Gasteiger partial charge in [0.2, 0.25) is 0 Å². The molecule has 0 aromatic heterocycles. The Morgan fingerprint density at radius 1 is 1.31 bits per heavy atom. The molecule has 1 heterocycles. The maximum Gasteiger partial charge on any atom is 0.123 e. The first-order valence-corrected chi connectivity index (χ1v) is 7.10. The lowest BCUT2D eigenvalue weighted by molar-refractivity contribution is 0.457. The maximum atomic E-state index is 13.2. The molecule has 0 bridgehead atoms. The molecule has 0 radical (unpaired) electrons. The lowest BCUT2D eigenvalue weighted by Gasteiger charge is -2.19. The number of benzene rings is 1. The molecule has 1 aliphatic heterocycles. The van der Waals surface area contributed by atoms with Gasteiger partial charge in [-0.05, 0) is 48.3 Å². The van der Waals surface area contributed by atoms with Gasteiger partial charge in [0.1, 0.15) is 5.82 Å². The molecule has 2 unspecified atom stereocenters. The second-order valence-corrected chi connectivity index (χ2v) is 5.81. The molecule has 3 rings (SSSR count). The summed E-state index contributed by atoms with van der Waals surface area (Å²) in [6, 6.07) is 6.24. The van der Waals surface area contributed by atoms with Gasteiger partial charge in [-0.15, -0.1) is 0 Å². The van der Waals surface area contributed by atoms with Crippen molar-refractivity contribution in [3.8, 4) is 0 Å². The molecular weight excluding hydrogens is 221 g/mol. The van der Waals surface area contributed by atoms with Gasteiger partial charge >= 0.3 is 0 Å². The summed E-state index contributed by atoms with van der Waals surface area (Å²) in [4.78, 5) is 0. The first-order chi connectivity index (χ1) is 7.83. The third-order valence-corrected chi connectivity index (χ3v) is 4.71.